The molecule has 7 heteroatoms. The van der Waals surface area contributed by atoms with Crippen molar-refractivity contribution in [3.05, 3.63) is 90.6 Å². The van der Waals surface area contributed by atoms with Gasteiger partial charge in [-0.05, 0) is 42.0 Å². The van der Waals surface area contributed by atoms with Crippen molar-refractivity contribution in [1.29, 1.82) is 0 Å². The number of para-hydroxylation sites is 2. The van der Waals surface area contributed by atoms with Gasteiger partial charge in [0.05, 0.1) is 23.7 Å². The number of pyridine rings is 1. The Kier molecular flexibility index (Phi) is 4.98. The van der Waals surface area contributed by atoms with E-state index in [2.05, 4.69) is 24.9 Å². The zero-order chi connectivity index (χ0) is 21.0. The van der Waals surface area contributed by atoms with Crippen LogP contribution in [0.4, 0.5) is 0 Å². The minimum absolute atomic E-state index is 0.388. The van der Waals surface area contributed by atoms with Crippen LogP contribution in [-0.2, 0) is 6.42 Å². The number of methoxy groups -OCH3 is 1. The molecular weight excluding hydrogens is 390 g/mol. The van der Waals surface area contributed by atoms with E-state index in [9.17, 15) is 0 Å². The third-order valence-electron chi connectivity index (χ3n) is 4.83. The molecule has 0 aliphatic carbocycles. The van der Waals surface area contributed by atoms with Crippen LogP contribution in [0.3, 0.4) is 0 Å². The van der Waals surface area contributed by atoms with Gasteiger partial charge < -0.3 is 14.5 Å². The molecule has 0 radical (unpaired) electrons. The number of fused-ring (bicyclic) bond motifs is 1. The predicted molar refractivity (Wildman–Crippen MR) is 117 cm³/mol. The minimum atomic E-state index is 0.388. The summed E-state index contributed by atoms with van der Waals surface area (Å²) in [6.45, 7) is 0. The van der Waals surface area contributed by atoms with Crippen LogP contribution >= 0.6 is 0 Å². The molecule has 0 bridgehead atoms. The van der Waals surface area contributed by atoms with Crippen LogP contribution in [0.1, 0.15) is 11.4 Å². The molecule has 0 amide bonds. The number of benzene rings is 2. The highest BCUT2D eigenvalue weighted by atomic mass is 16.5. The fraction of sp³-hybridized carbons (Fsp3) is 0.0833. The average Bonchev–Trinajstić information content (AvgIpc) is 3.23. The number of imidazole rings is 1. The lowest BCUT2D eigenvalue weighted by atomic mass is 10.1. The second-order valence-corrected chi connectivity index (χ2v) is 6.89. The van der Waals surface area contributed by atoms with Crippen LogP contribution < -0.4 is 9.47 Å². The number of nitrogens with one attached hydrogen (secondary N) is 1. The Morgan fingerprint density at radius 3 is 2.45 bits per heavy atom. The van der Waals surface area contributed by atoms with Gasteiger partial charge in [0, 0.05) is 25.0 Å². The van der Waals surface area contributed by atoms with Gasteiger partial charge in [0.2, 0.25) is 11.8 Å². The first-order chi connectivity index (χ1) is 15.3. The second-order valence-electron chi connectivity index (χ2n) is 6.89. The Morgan fingerprint density at radius 2 is 1.61 bits per heavy atom. The molecule has 0 spiro atoms. The van der Waals surface area contributed by atoms with Gasteiger partial charge in [-0.2, -0.15) is 0 Å². The van der Waals surface area contributed by atoms with E-state index in [0.717, 1.165) is 28.0 Å². The largest absolute Gasteiger partial charge is 0.481 e. The Hall–Kier alpha value is -4.26. The molecule has 152 valence electrons. The molecule has 3 heterocycles. The Bertz CT molecular complexity index is 1300. The van der Waals surface area contributed by atoms with Crippen molar-refractivity contribution < 1.29 is 9.47 Å². The molecule has 0 aliphatic rings. The van der Waals surface area contributed by atoms with Gasteiger partial charge in [0.15, 0.2) is 0 Å². The maximum atomic E-state index is 6.04. The van der Waals surface area contributed by atoms with Crippen molar-refractivity contribution in [3.63, 3.8) is 0 Å². The molecule has 0 atom stereocenters. The first-order valence-corrected chi connectivity index (χ1v) is 9.81. The number of aromatic amines is 1. The van der Waals surface area contributed by atoms with Gasteiger partial charge in [-0.3, -0.25) is 0 Å². The maximum Gasteiger partial charge on any atom is 0.246 e. The molecule has 3 aromatic heterocycles. The Balaban J connectivity index is 1.37. The van der Waals surface area contributed by atoms with Crippen molar-refractivity contribution >= 4 is 11.0 Å². The molecule has 1 N–H and O–H groups in total. The zero-order valence-corrected chi connectivity index (χ0v) is 16.8. The lowest BCUT2D eigenvalue weighted by molar-refractivity contribution is 0.398. The first kappa shape index (κ1) is 18.7. The zero-order valence-electron chi connectivity index (χ0n) is 16.8. The van der Waals surface area contributed by atoms with Crippen molar-refractivity contribution in [2.24, 2.45) is 0 Å². The summed E-state index contributed by atoms with van der Waals surface area (Å²) in [4.78, 5) is 21.0. The molecule has 0 fully saturated rings. The third-order valence-corrected chi connectivity index (χ3v) is 4.83. The lowest BCUT2D eigenvalue weighted by Crippen LogP contribution is -1.97. The van der Waals surface area contributed by atoms with Crippen LogP contribution in [-0.4, -0.2) is 32.0 Å². The molecule has 5 aromatic rings. The SMILES string of the molecule is COc1ncccc1-c1nccnc1Oc1ccc(Cc2nc3ccccc3[nH]2)cc1. The van der Waals surface area contributed by atoms with E-state index in [4.69, 9.17) is 9.47 Å². The second kappa shape index (κ2) is 8.23. The van der Waals surface area contributed by atoms with Crippen LogP contribution in [0.2, 0.25) is 0 Å². The number of rotatable bonds is 6. The van der Waals surface area contributed by atoms with E-state index in [0.29, 0.717) is 29.6 Å². The number of aromatic nitrogens is 5. The van der Waals surface area contributed by atoms with Gasteiger partial charge in [-0.15, -0.1) is 0 Å². The van der Waals surface area contributed by atoms with Gasteiger partial charge >= 0.3 is 0 Å². The summed E-state index contributed by atoms with van der Waals surface area (Å²) in [7, 11) is 1.57. The van der Waals surface area contributed by atoms with Crippen molar-refractivity contribution in [2.75, 3.05) is 7.11 Å². The summed E-state index contributed by atoms with van der Waals surface area (Å²) in [6.07, 6.45) is 5.58. The van der Waals surface area contributed by atoms with Crippen molar-refractivity contribution in [2.45, 2.75) is 6.42 Å². The van der Waals surface area contributed by atoms with E-state index in [-0.39, 0.29) is 0 Å². The summed E-state index contributed by atoms with van der Waals surface area (Å²) in [5, 5.41) is 0. The van der Waals surface area contributed by atoms with E-state index in [1.54, 1.807) is 25.7 Å². The Morgan fingerprint density at radius 1 is 0.806 bits per heavy atom. The average molecular weight is 409 g/mol. The first-order valence-electron chi connectivity index (χ1n) is 9.81. The Labute approximate surface area is 178 Å². The summed E-state index contributed by atoms with van der Waals surface area (Å²) in [6, 6.07) is 19.6. The molecule has 0 aliphatic heterocycles. The van der Waals surface area contributed by atoms with Crippen LogP contribution in [0, 0.1) is 0 Å². The van der Waals surface area contributed by atoms with E-state index in [1.165, 1.54) is 0 Å². The van der Waals surface area contributed by atoms with Crippen LogP contribution in [0.5, 0.6) is 17.5 Å². The lowest BCUT2D eigenvalue weighted by Gasteiger charge is -2.11. The highest BCUT2D eigenvalue weighted by molar-refractivity contribution is 5.74. The number of nitrogens with zero attached hydrogens (tertiary/aromatic N) is 4. The van der Waals surface area contributed by atoms with Gasteiger partial charge in [-0.1, -0.05) is 24.3 Å². The highest BCUT2D eigenvalue weighted by Crippen LogP contribution is 2.33. The topological polar surface area (TPSA) is 85.8 Å². The standard InChI is InChI=1S/C24H19N5O2/c1-30-23-18(5-4-12-26-23)22-24(27-14-13-25-22)31-17-10-8-16(9-11-17)15-21-28-19-6-2-3-7-20(19)29-21/h2-14H,15H2,1H3,(H,28,29). The number of ether oxygens (including phenoxy) is 2. The molecule has 2 aromatic carbocycles. The smallest absolute Gasteiger partial charge is 0.246 e. The minimum Gasteiger partial charge on any atom is -0.481 e. The monoisotopic (exact) mass is 409 g/mol. The van der Waals surface area contributed by atoms with Crippen LogP contribution in [0.15, 0.2) is 79.3 Å². The molecule has 0 saturated heterocycles. The van der Waals surface area contributed by atoms with E-state index in [1.807, 2.05) is 60.7 Å². The summed E-state index contributed by atoms with van der Waals surface area (Å²) in [5.41, 5.74) is 4.42. The third kappa shape index (κ3) is 3.93. The number of H-pyrrole nitrogens is 1. The highest BCUT2D eigenvalue weighted by Gasteiger charge is 2.15. The summed E-state index contributed by atoms with van der Waals surface area (Å²) >= 11 is 0. The van der Waals surface area contributed by atoms with Gasteiger partial charge in [0.25, 0.3) is 0 Å². The van der Waals surface area contributed by atoms with Crippen molar-refractivity contribution in [3.8, 4) is 28.8 Å². The van der Waals surface area contributed by atoms with Gasteiger partial charge in [-0.25, -0.2) is 19.9 Å². The molecular formula is C24H19N5O2. The number of hydrogen-bond donors (Lipinski definition) is 1. The van der Waals surface area contributed by atoms with Gasteiger partial charge in [0.1, 0.15) is 17.3 Å². The number of hydrogen-bond acceptors (Lipinski definition) is 6. The molecule has 31 heavy (non-hydrogen) atoms. The molecule has 0 saturated carbocycles. The van der Waals surface area contributed by atoms with Crippen LogP contribution in [0.25, 0.3) is 22.3 Å². The molecule has 0 unspecified atom stereocenters. The van der Waals surface area contributed by atoms with E-state index >= 15 is 0 Å². The summed E-state index contributed by atoms with van der Waals surface area (Å²) in [5.74, 6) is 2.44. The summed E-state index contributed by atoms with van der Waals surface area (Å²) < 4.78 is 11.4. The maximum absolute atomic E-state index is 6.04. The fourth-order valence-electron chi connectivity index (χ4n) is 3.39. The van der Waals surface area contributed by atoms with Crippen molar-refractivity contribution in [1.82, 2.24) is 24.9 Å². The predicted octanol–water partition coefficient (Wildman–Crippen LogP) is 4.81. The molecule has 7 nitrogen and oxygen atoms in total. The van der Waals surface area contributed by atoms with E-state index < -0.39 is 0 Å². The molecule has 5 rings (SSSR count). The quantitative estimate of drug-likeness (QED) is 0.433. The fourth-order valence-corrected chi connectivity index (χ4v) is 3.39. The normalized spacial score (nSPS) is 10.9.